The second-order valence-corrected chi connectivity index (χ2v) is 7.81. The van der Waals surface area contributed by atoms with Crippen LogP contribution in [0.5, 0.6) is 0 Å². The Labute approximate surface area is 159 Å². The topological polar surface area (TPSA) is 105 Å². The molecule has 8 nitrogen and oxygen atoms in total. The van der Waals surface area contributed by atoms with E-state index < -0.39 is 5.41 Å². The largest absolute Gasteiger partial charge is 0.379 e. The molecule has 1 saturated heterocycles. The molecular weight excluding hydrogens is 348 g/mol. The summed E-state index contributed by atoms with van der Waals surface area (Å²) in [5.41, 5.74) is -0.438. The monoisotopic (exact) mass is 378 g/mol. The molecule has 1 saturated carbocycles. The third-order valence-corrected chi connectivity index (χ3v) is 5.39. The van der Waals surface area contributed by atoms with Crippen molar-refractivity contribution in [2.75, 3.05) is 19.8 Å². The molecule has 1 aliphatic carbocycles. The van der Waals surface area contributed by atoms with Gasteiger partial charge in [0.2, 0.25) is 11.8 Å². The van der Waals surface area contributed by atoms with Gasteiger partial charge in [0, 0.05) is 24.9 Å². The van der Waals surface area contributed by atoms with E-state index in [1.54, 1.807) is 12.4 Å². The van der Waals surface area contributed by atoms with E-state index >= 15 is 0 Å². The summed E-state index contributed by atoms with van der Waals surface area (Å²) in [5.74, 6) is 0.654. The van der Waals surface area contributed by atoms with Gasteiger partial charge in [-0.15, -0.1) is 0 Å². The van der Waals surface area contributed by atoms with Gasteiger partial charge >= 0.3 is 0 Å². The molecular formula is C19H30N4O4. The lowest BCUT2D eigenvalue weighted by molar-refractivity contribution is -0.160. The van der Waals surface area contributed by atoms with E-state index in [1.165, 1.54) is 0 Å². The van der Waals surface area contributed by atoms with E-state index in [1.807, 2.05) is 6.92 Å². The minimum atomic E-state index is -0.438. The number of aromatic amines is 1. The third kappa shape index (κ3) is 4.87. The number of nitrogens with zero attached hydrogens (tertiary/aromatic N) is 1. The first-order valence-electron chi connectivity index (χ1n) is 9.78. The van der Waals surface area contributed by atoms with Gasteiger partial charge in [-0.1, -0.05) is 6.92 Å². The number of hydrogen-bond donors (Lipinski definition) is 3. The van der Waals surface area contributed by atoms with Crippen molar-refractivity contribution in [2.24, 2.45) is 11.3 Å². The van der Waals surface area contributed by atoms with Gasteiger partial charge in [0.15, 0.2) is 0 Å². The van der Waals surface area contributed by atoms with Gasteiger partial charge in [0.25, 0.3) is 0 Å². The van der Waals surface area contributed by atoms with Crippen molar-refractivity contribution in [3.05, 3.63) is 18.2 Å². The zero-order valence-corrected chi connectivity index (χ0v) is 16.1. The Morgan fingerprint density at radius 1 is 1.41 bits per heavy atom. The molecule has 27 heavy (non-hydrogen) atoms. The van der Waals surface area contributed by atoms with Crippen LogP contribution in [0.25, 0.3) is 0 Å². The molecule has 3 atom stereocenters. The molecule has 0 unspecified atom stereocenters. The Hall–Kier alpha value is -1.93. The van der Waals surface area contributed by atoms with Crippen LogP contribution < -0.4 is 10.6 Å². The van der Waals surface area contributed by atoms with Crippen molar-refractivity contribution in [1.82, 2.24) is 20.6 Å². The fraction of sp³-hybridized carbons (Fsp3) is 0.737. The number of nitrogens with one attached hydrogen (secondary N) is 3. The van der Waals surface area contributed by atoms with Crippen LogP contribution in [0.2, 0.25) is 0 Å². The molecule has 3 rings (SSSR count). The molecule has 0 radical (unpaired) electrons. The molecule has 0 aromatic carbocycles. The number of carbonyl (C=O) groups excluding carboxylic acids is 2. The van der Waals surface area contributed by atoms with Crippen LogP contribution in [0.1, 0.15) is 45.4 Å². The van der Waals surface area contributed by atoms with Crippen molar-refractivity contribution in [3.8, 4) is 0 Å². The average Bonchev–Trinajstić information content (AvgIpc) is 3.16. The lowest BCUT2D eigenvalue weighted by Crippen LogP contribution is -2.58. The first-order valence-corrected chi connectivity index (χ1v) is 9.78. The predicted molar refractivity (Wildman–Crippen MR) is 98.7 cm³/mol. The normalized spacial score (nSPS) is 26.8. The lowest BCUT2D eigenvalue weighted by Gasteiger charge is -2.41. The van der Waals surface area contributed by atoms with Gasteiger partial charge in [-0.05, 0) is 32.6 Å². The van der Waals surface area contributed by atoms with Crippen LogP contribution in [-0.2, 0) is 25.6 Å². The molecule has 1 aromatic rings. The van der Waals surface area contributed by atoms with E-state index in [4.69, 9.17) is 9.47 Å². The highest BCUT2D eigenvalue weighted by molar-refractivity contribution is 5.83. The lowest BCUT2D eigenvalue weighted by atomic mass is 9.81. The van der Waals surface area contributed by atoms with Gasteiger partial charge in [0.1, 0.15) is 5.82 Å². The molecule has 2 aliphatic rings. The van der Waals surface area contributed by atoms with E-state index in [0.717, 1.165) is 25.1 Å². The number of rotatable bonds is 8. The second-order valence-electron chi connectivity index (χ2n) is 7.81. The third-order valence-electron chi connectivity index (χ3n) is 5.39. The number of carbonyl (C=O) groups is 2. The Balaban J connectivity index is 1.54. The molecule has 2 amide bonds. The van der Waals surface area contributed by atoms with Gasteiger partial charge in [-0.25, -0.2) is 4.98 Å². The summed E-state index contributed by atoms with van der Waals surface area (Å²) in [7, 11) is 0. The second kappa shape index (κ2) is 8.84. The maximum Gasteiger partial charge on any atom is 0.230 e. The minimum absolute atomic E-state index is 0.0145. The van der Waals surface area contributed by atoms with Crippen LogP contribution in [0.4, 0.5) is 0 Å². The van der Waals surface area contributed by atoms with Crippen LogP contribution in [0.15, 0.2) is 12.4 Å². The molecule has 0 spiro atoms. The number of H-pyrrole nitrogens is 1. The zero-order chi connectivity index (χ0) is 19.3. The smallest absolute Gasteiger partial charge is 0.230 e. The Morgan fingerprint density at radius 2 is 2.22 bits per heavy atom. The van der Waals surface area contributed by atoms with Gasteiger partial charge in [-0.2, -0.15) is 0 Å². The van der Waals surface area contributed by atoms with Crippen LogP contribution >= 0.6 is 0 Å². The highest BCUT2D eigenvalue weighted by Gasteiger charge is 2.43. The standard InChI is InChI=1S/C19H30N4O4/c1-3-8-27-15-9-13(17(24)22-10-16-20-6-7-21-16)4-5-14(15)23-18(25)19(2)11-26-12-19/h6-7,13-15H,3-5,8-12H2,1-2H3,(H,20,21)(H,22,24)(H,23,25)/t13-,14+,15+/m0/s1. The summed E-state index contributed by atoms with van der Waals surface area (Å²) in [4.78, 5) is 32.2. The summed E-state index contributed by atoms with van der Waals surface area (Å²) in [5, 5.41) is 6.08. The van der Waals surface area contributed by atoms with Crippen LogP contribution in [-0.4, -0.2) is 53.7 Å². The minimum Gasteiger partial charge on any atom is -0.379 e. The van der Waals surface area contributed by atoms with Gasteiger partial charge in [-0.3, -0.25) is 9.59 Å². The maximum absolute atomic E-state index is 12.5. The van der Waals surface area contributed by atoms with E-state index in [0.29, 0.717) is 32.8 Å². The number of amides is 2. The van der Waals surface area contributed by atoms with Crippen molar-refractivity contribution in [3.63, 3.8) is 0 Å². The number of aromatic nitrogens is 2. The van der Waals surface area contributed by atoms with Crippen molar-refractivity contribution < 1.29 is 19.1 Å². The quantitative estimate of drug-likeness (QED) is 0.629. The van der Waals surface area contributed by atoms with Gasteiger partial charge < -0.3 is 25.1 Å². The predicted octanol–water partition coefficient (Wildman–Crippen LogP) is 1.14. The SMILES string of the molecule is CCCO[C@@H]1C[C@@H](C(=O)NCc2ncc[nH]2)CC[C@H]1NC(=O)C1(C)COC1. The molecule has 0 bridgehead atoms. The van der Waals surface area contributed by atoms with Crippen molar-refractivity contribution >= 4 is 11.8 Å². The molecule has 2 fully saturated rings. The molecule has 150 valence electrons. The molecule has 3 N–H and O–H groups in total. The summed E-state index contributed by atoms with van der Waals surface area (Å²) in [6, 6.07) is -0.0596. The fourth-order valence-electron chi connectivity index (χ4n) is 3.58. The molecule has 2 heterocycles. The molecule has 1 aliphatic heterocycles. The first kappa shape index (κ1) is 19.8. The molecule has 8 heteroatoms. The number of imidazole rings is 1. The summed E-state index contributed by atoms with van der Waals surface area (Å²) >= 11 is 0. The van der Waals surface area contributed by atoms with Crippen molar-refractivity contribution in [1.29, 1.82) is 0 Å². The fourth-order valence-corrected chi connectivity index (χ4v) is 3.58. The number of hydrogen-bond acceptors (Lipinski definition) is 5. The Bertz CT molecular complexity index is 630. The summed E-state index contributed by atoms with van der Waals surface area (Å²) < 4.78 is 11.2. The van der Waals surface area contributed by atoms with Crippen LogP contribution in [0.3, 0.4) is 0 Å². The highest BCUT2D eigenvalue weighted by Crippen LogP contribution is 2.30. The van der Waals surface area contributed by atoms with E-state index in [9.17, 15) is 9.59 Å². The summed E-state index contributed by atoms with van der Waals surface area (Å²) in [6.45, 7) is 5.91. The van der Waals surface area contributed by atoms with E-state index in [-0.39, 0.29) is 29.9 Å². The highest BCUT2D eigenvalue weighted by atomic mass is 16.5. The van der Waals surface area contributed by atoms with Crippen molar-refractivity contribution in [2.45, 2.75) is 58.2 Å². The maximum atomic E-state index is 12.5. The first-order chi connectivity index (χ1) is 13.0. The average molecular weight is 378 g/mol. The zero-order valence-electron chi connectivity index (χ0n) is 16.1. The summed E-state index contributed by atoms with van der Waals surface area (Å²) in [6.07, 6.45) is 6.23. The number of ether oxygens (including phenoxy) is 2. The Kier molecular flexibility index (Phi) is 6.49. The van der Waals surface area contributed by atoms with Gasteiger partial charge in [0.05, 0.1) is 37.3 Å². The Morgan fingerprint density at radius 3 is 2.85 bits per heavy atom. The van der Waals surface area contributed by atoms with Crippen LogP contribution in [0, 0.1) is 11.3 Å². The molecule has 1 aromatic heterocycles. The van der Waals surface area contributed by atoms with E-state index in [2.05, 4.69) is 27.5 Å².